The maximum Gasteiger partial charge on any atom is 0.418 e. The number of methoxy groups -OCH3 is 2. The van der Waals surface area contributed by atoms with Crippen LogP contribution in [0.15, 0.2) is 115 Å². The number of nitrogens with two attached hydrogens (primary N) is 3. The van der Waals surface area contributed by atoms with Gasteiger partial charge in [-0.15, -0.1) is 0 Å². The number of carboxylic acids is 1. The summed E-state index contributed by atoms with van der Waals surface area (Å²) in [6.45, 7) is 8.76. The number of nitrogen functional groups attached to an aromatic ring is 3. The molecule has 15 N–H and O–H groups in total. The van der Waals surface area contributed by atoms with Gasteiger partial charge in [-0.05, 0) is 123 Å². The number of nitrogens with one attached hydrogen (secondary N) is 6. The third kappa shape index (κ3) is 30.0. The summed E-state index contributed by atoms with van der Waals surface area (Å²) in [5, 5.41) is 45.7. The number of hydrogen-bond donors (Lipinski definition) is 12. The van der Waals surface area contributed by atoms with Gasteiger partial charge in [-0.1, -0.05) is 11.6 Å². The molecule has 722 valence electrons. The molecule has 5 aliphatic heterocycles. The first kappa shape index (κ1) is 103. The van der Waals surface area contributed by atoms with Crippen molar-refractivity contribution >= 4 is 98.1 Å². The summed E-state index contributed by atoms with van der Waals surface area (Å²) in [6, 6.07) is 20.9. The number of carbonyl (C=O) groups is 5. The van der Waals surface area contributed by atoms with Crippen LogP contribution in [-0.4, -0.2) is 235 Å². The van der Waals surface area contributed by atoms with Gasteiger partial charge in [-0.25, -0.2) is 31.1 Å². The molecular formula is C88H97ClF15N13O16. The summed E-state index contributed by atoms with van der Waals surface area (Å²) in [6.07, 6.45) is -8.44. The first-order chi connectivity index (χ1) is 63.2. The summed E-state index contributed by atoms with van der Waals surface area (Å²) in [7, 11) is 2.75. The Morgan fingerprint density at radius 3 is 1.05 bits per heavy atom. The summed E-state index contributed by atoms with van der Waals surface area (Å²) >= 11 is 5.66. The number of anilines is 10. The largest absolute Gasteiger partial charge is 0.506 e. The van der Waals surface area contributed by atoms with Crippen molar-refractivity contribution < 1.29 is 143 Å². The number of hydrogen-bond acceptors (Lipinski definition) is 24. The van der Waals surface area contributed by atoms with E-state index < -0.39 is 106 Å². The second-order valence-corrected chi connectivity index (χ2v) is 30.9. The molecule has 45 heteroatoms. The van der Waals surface area contributed by atoms with Crippen molar-refractivity contribution in [3.05, 3.63) is 194 Å². The zero-order valence-corrected chi connectivity index (χ0v) is 72.3. The van der Waals surface area contributed by atoms with E-state index in [4.69, 9.17) is 71.8 Å². The third-order valence-corrected chi connectivity index (χ3v) is 20.9. The summed E-state index contributed by atoms with van der Waals surface area (Å²) in [4.78, 5) is 65.6. The van der Waals surface area contributed by atoms with E-state index >= 15 is 0 Å². The van der Waals surface area contributed by atoms with E-state index in [2.05, 4.69) is 31.9 Å². The number of nitrogens with zero attached hydrogens (tertiary/aromatic N) is 4. The molecule has 8 aromatic rings. The van der Waals surface area contributed by atoms with Crippen LogP contribution in [0.2, 0.25) is 5.02 Å². The smallest absolute Gasteiger partial charge is 0.418 e. The van der Waals surface area contributed by atoms with Crippen LogP contribution >= 0.6 is 11.6 Å². The number of phenolic OH excluding ortho intramolecular Hbond substituents is 2. The zero-order chi connectivity index (χ0) is 96.6. The molecule has 4 amide bonds. The molecule has 0 atom stereocenters. The fourth-order valence-corrected chi connectivity index (χ4v) is 13.3. The van der Waals surface area contributed by atoms with Gasteiger partial charge in [0.1, 0.15) is 57.8 Å². The van der Waals surface area contributed by atoms with Gasteiger partial charge in [0.25, 0.3) is 23.6 Å². The van der Waals surface area contributed by atoms with Gasteiger partial charge in [0.2, 0.25) is 6.86 Å². The van der Waals surface area contributed by atoms with Gasteiger partial charge < -0.3 is 122 Å². The van der Waals surface area contributed by atoms with Crippen LogP contribution in [0.1, 0.15) is 107 Å². The number of morpholine rings is 5. The fraction of sp³-hybridized carbons (Fsp3) is 0.398. The zero-order valence-electron chi connectivity index (χ0n) is 71.5. The van der Waals surface area contributed by atoms with Crippen LogP contribution in [0, 0.1) is 29.1 Å². The van der Waals surface area contributed by atoms with E-state index in [1.165, 1.54) is 71.4 Å². The Labute approximate surface area is 757 Å². The Bertz CT molecular complexity index is 5330. The maximum absolute atomic E-state index is 14.8. The number of benzene rings is 8. The van der Waals surface area contributed by atoms with E-state index in [0.29, 0.717) is 116 Å². The number of aromatic carboxylic acids is 1. The lowest BCUT2D eigenvalue weighted by atomic mass is 10.1. The Kier molecular flexibility index (Phi) is 36.4. The summed E-state index contributed by atoms with van der Waals surface area (Å²) < 4.78 is 241. The quantitative estimate of drug-likeness (QED) is 0.0203. The van der Waals surface area contributed by atoms with E-state index in [-0.39, 0.29) is 120 Å². The number of aromatic hydroxyl groups is 2. The molecule has 29 nitrogen and oxygen atoms in total. The fourth-order valence-electron chi connectivity index (χ4n) is 13.2. The lowest BCUT2D eigenvalue weighted by molar-refractivity contribution is -0.137. The highest BCUT2D eigenvalue weighted by Gasteiger charge is 2.39. The Hall–Kier alpha value is -12.5. The number of phenols is 2. The second-order valence-electron chi connectivity index (χ2n) is 30.5. The summed E-state index contributed by atoms with van der Waals surface area (Å²) in [5.74, 6) is -7.65. The Morgan fingerprint density at radius 1 is 0.406 bits per heavy atom. The van der Waals surface area contributed by atoms with Crippen LogP contribution < -0.4 is 63.3 Å². The normalized spacial score (nSPS) is 16.0. The van der Waals surface area contributed by atoms with Gasteiger partial charge >= 0.3 is 24.5 Å². The third-order valence-electron chi connectivity index (χ3n) is 20.6. The Morgan fingerprint density at radius 2 is 0.714 bits per heavy atom. The predicted octanol–water partition coefficient (Wildman–Crippen LogP) is 15.4. The molecule has 0 radical (unpaired) electrons. The molecule has 133 heavy (non-hydrogen) atoms. The molecule has 3 aliphatic carbocycles. The molecule has 3 saturated carbocycles. The molecule has 0 bridgehead atoms. The van der Waals surface area contributed by atoms with E-state index in [0.717, 1.165) is 138 Å². The monoisotopic (exact) mass is 1910 g/mol. The first-order valence-corrected chi connectivity index (χ1v) is 41.8. The van der Waals surface area contributed by atoms with Crippen molar-refractivity contribution in [2.45, 2.75) is 75.2 Å². The van der Waals surface area contributed by atoms with Gasteiger partial charge in [0.15, 0.2) is 0 Å². The second kappa shape index (κ2) is 47.2. The minimum Gasteiger partial charge on any atom is -0.506 e. The number of carboxylic acid groups (broad SMARTS) is 1. The summed E-state index contributed by atoms with van der Waals surface area (Å²) in [5.41, 5.74) is 13.2. The van der Waals surface area contributed by atoms with Gasteiger partial charge in [-0.2, -0.15) is 39.5 Å². The van der Waals surface area contributed by atoms with Gasteiger partial charge in [0.05, 0.1) is 153 Å². The first-order valence-electron chi connectivity index (χ1n) is 41.4. The van der Waals surface area contributed by atoms with Crippen molar-refractivity contribution in [2.75, 3.05) is 196 Å². The van der Waals surface area contributed by atoms with Crippen LogP contribution in [0.3, 0.4) is 0 Å². The lowest BCUT2D eigenvalue weighted by Gasteiger charge is -2.27. The molecule has 5 saturated heterocycles. The van der Waals surface area contributed by atoms with Crippen molar-refractivity contribution in [2.24, 2.45) is 0 Å². The van der Waals surface area contributed by atoms with Crippen molar-refractivity contribution in [1.29, 1.82) is 0 Å². The molecule has 0 aromatic heterocycles. The topological polar surface area (TPSA) is 383 Å². The van der Waals surface area contributed by atoms with Crippen LogP contribution in [0.25, 0.3) is 0 Å². The number of ether oxygens (including phenoxy) is 8. The number of alkyl halides is 10. The van der Waals surface area contributed by atoms with Crippen LogP contribution in [0.5, 0.6) is 28.7 Å². The standard InChI is InChI=1S/C22H22F5N3O3.C21H21F4N3O3.C12H15FN2O3.C11H13FN2O3.C10H9ClF3N.C8H8FNO3.C4H9NO/c23-12-33-20-10-15(21(31)30-5-7-32-8-6-30)17(24)11-19(20)29-14-3-4-16(22(25,26)27)18(9-14)28-13-1-2-13;22-16-11-18(19(29)10-14(16)20(30)28-5-7-31-8-6-28)27-13-3-4-15(21(23,24)25)17(9-13)26-12-1-2-12;1-17-11-6-8(9(13)7-10(11)14)12(16)15-2-4-18-5-3-15;12-8-6-9(13)10(15)5-7(8)11(16)14-1-3-17-4-2-14;11-6-1-4-8(10(12,13)14)9(5-6)15-7-2-3-7;1-13-7-2-4(8(11)12)5(9)3-6(7)10;1-3-6-4-2-5-1/h3-4,9-11,13,28-29H,1-2,5-8,12H2;3-4,9-12,26-27,29H,1-2,5-8H2;6-7H,2-5,14H2,1H3;5-6,15H,1-4,13H2;1,4-5,7,15H,2-3H2;2-3H,10H2,1H3,(H,11,12);5H,1-4H2/i23-1;;;;;;. The maximum atomic E-state index is 14.8. The highest BCUT2D eigenvalue weighted by Crippen LogP contribution is 2.44. The number of halogens is 16. The molecule has 16 rings (SSSR count). The number of amides is 4. The molecule has 0 unspecified atom stereocenters. The molecule has 0 spiro atoms. The van der Waals surface area contributed by atoms with Crippen LogP contribution in [-0.2, 0) is 42.2 Å². The van der Waals surface area contributed by atoms with E-state index in [9.17, 15) is 100 Å². The lowest BCUT2D eigenvalue weighted by Crippen LogP contribution is -2.41. The minimum absolute atomic E-state index is 0.00678. The average molecular weight is 1910 g/mol. The molecule has 5 heterocycles. The van der Waals surface area contributed by atoms with Crippen molar-refractivity contribution in [3.63, 3.8) is 0 Å². The average Bonchev–Trinajstić information content (AvgIpc) is 1.69. The van der Waals surface area contributed by atoms with Crippen molar-refractivity contribution in [1.82, 2.24) is 24.9 Å². The van der Waals surface area contributed by atoms with Gasteiger partial charge in [-0.3, -0.25) is 19.2 Å². The highest BCUT2D eigenvalue weighted by atomic mass is 35.5. The highest BCUT2D eigenvalue weighted by molar-refractivity contribution is 6.30. The van der Waals surface area contributed by atoms with Crippen LogP contribution in [0.4, 0.5) is 123 Å². The minimum atomic E-state index is -4.55. The molecule has 8 aliphatic rings. The van der Waals surface area contributed by atoms with E-state index in [1.54, 1.807) is 4.90 Å². The van der Waals surface area contributed by atoms with Crippen molar-refractivity contribution in [3.8, 4) is 28.7 Å². The SMILES string of the molecule is C1COCCN1.COc1cc(C(=O)N2CCOCC2)c(F)cc1N.COc1cc(C(=O)O)c(F)cc1N.FC(F)(F)c1ccc(Cl)cc1NC1CC1.Nc1cc(F)c(C(=O)N2CCOCC2)cc1O.O=C(c1cc(O)c(Nc2ccc(C(F)(F)F)c(NC3CC3)c2)cc1F)N1CCOCC1.O=C(c1cc(OC[18F])c(Nc2ccc(C(F)(F)F)c(NC3CC3)c2)cc1F)N1CCOCC1. The van der Waals surface area contributed by atoms with Gasteiger partial charge in [0, 0.05) is 147 Å². The molecular weight excluding hydrogens is 1810 g/mol. The molecule has 8 aromatic carbocycles. The molecule has 8 fully saturated rings. The number of rotatable bonds is 19. The predicted molar refractivity (Wildman–Crippen MR) is 462 cm³/mol. The van der Waals surface area contributed by atoms with E-state index in [1.807, 2.05) is 0 Å². The Balaban J connectivity index is 0.000000168. The number of carbonyl (C=O) groups excluding carboxylic acids is 4.